The number of carbonyl (C=O) groups is 3. The molecule has 1 atom stereocenters. The van der Waals surface area contributed by atoms with Gasteiger partial charge in [-0.2, -0.15) is 0 Å². The topological polar surface area (TPSA) is 190 Å². The fourth-order valence-electron chi connectivity index (χ4n) is 6.84. The summed E-state index contributed by atoms with van der Waals surface area (Å²) in [4.78, 5) is 56.2. The molecule has 0 spiro atoms. The van der Waals surface area contributed by atoms with Crippen LogP contribution >= 0.6 is 15.2 Å². The summed E-state index contributed by atoms with van der Waals surface area (Å²) in [5.74, 6) is -2.41. The Hall–Kier alpha value is -4.31. The fraction of sp³-hybridized carbons (Fsp3) is 0.526. The maximum absolute atomic E-state index is 16.1. The molecule has 1 aliphatic carbocycles. The third-order valence-corrected chi connectivity index (χ3v) is 15.4. The Labute approximate surface area is 336 Å². The number of amides is 2. The minimum absolute atomic E-state index is 0.0863. The zero-order valence-corrected chi connectivity index (χ0v) is 35.9. The molecule has 2 heterocycles. The third kappa shape index (κ3) is 9.59. The number of nitrogens with one attached hydrogen (secondary N) is 1. The van der Waals surface area contributed by atoms with Crippen LogP contribution in [0.1, 0.15) is 62.5 Å². The Kier molecular flexibility index (Phi) is 13.8. The highest BCUT2D eigenvalue weighted by Gasteiger charge is 2.49. The zero-order valence-electron chi connectivity index (χ0n) is 34.1. The molecular formula is C38H51FN4O13P2. The highest BCUT2D eigenvalue weighted by Crippen LogP contribution is 2.70. The lowest BCUT2D eigenvalue weighted by molar-refractivity contribution is -0.119. The second-order valence-electron chi connectivity index (χ2n) is 14.9. The smallest absolute Gasteiger partial charge is 0.410 e. The summed E-state index contributed by atoms with van der Waals surface area (Å²) >= 11 is 0. The van der Waals surface area contributed by atoms with E-state index in [-0.39, 0.29) is 60.5 Å². The number of nitrogens with zero attached hydrogens (tertiary/aromatic N) is 3. The van der Waals surface area contributed by atoms with Crippen LogP contribution in [0.5, 0.6) is 5.75 Å². The van der Waals surface area contributed by atoms with Crippen molar-refractivity contribution in [1.82, 2.24) is 9.47 Å². The van der Waals surface area contributed by atoms with E-state index < -0.39 is 62.0 Å². The number of halogens is 1. The maximum Gasteiger partial charge on any atom is 0.410 e. The first kappa shape index (κ1) is 44.8. The van der Waals surface area contributed by atoms with E-state index in [2.05, 4.69) is 5.32 Å². The Bertz CT molecular complexity index is 2150. The molecule has 1 saturated heterocycles. The summed E-state index contributed by atoms with van der Waals surface area (Å²) in [7, 11) is -1.84. The van der Waals surface area contributed by atoms with Crippen molar-refractivity contribution >= 4 is 55.4 Å². The number of pyridine rings is 1. The summed E-state index contributed by atoms with van der Waals surface area (Å²) < 4.78 is 81.3. The highest BCUT2D eigenvalue weighted by molar-refractivity contribution is 7.72. The minimum atomic E-state index is -3.94. The number of hydrogen-bond donors (Lipinski definition) is 1. The van der Waals surface area contributed by atoms with E-state index in [0.29, 0.717) is 16.8 Å². The Balaban J connectivity index is 1.32. The van der Waals surface area contributed by atoms with Crippen molar-refractivity contribution in [3.05, 3.63) is 63.7 Å². The minimum Gasteiger partial charge on any atom is -0.492 e. The normalized spacial score (nSPS) is 16.4. The van der Waals surface area contributed by atoms with Gasteiger partial charge in [-0.3, -0.25) is 18.7 Å². The summed E-state index contributed by atoms with van der Waals surface area (Å²) in [6.07, 6.45) is 2.30. The van der Waals surface area contributed by atoms with E-state index in [1.54, 1.807) is 47.3 Å². The molecule has 2 aliphatic rings. The summed E-state index contributed by atoms with van der Waals surface area (Å²) in [5, 5.41) is 1.21. The maximum atomic E-state index is 16.1. The monoisotopic (exact) mass is 852 g/mol. The van der Waals surface area contributed by atoms with Gasteiger partial charge in [0.2, 0.25) is 5.43 Å². The van der Waals surface area contributed by atoms with Gasteiger partial charge < -0.3 is 52.0 Å². The van der Waals surface area contributed by atoms with Crippen molar-refractivity contribution in [2.75, 3.05) is 72.0 Å². The fourth-order valence-corrected chi connectivity index (χ4v) is 11.5. The summed E-state index contributed by atoms with van der Waals surface area (Å²) in [5.41, 5.74) is -0.554. The SMILES string of the molecule is COc1c(N2CCN(C(=O)OC(C)(C)C)C(C)C2)c(F)cc2c(=O)c(C(=O)OCC(=O)Nc3ccc(CC(P(=O)(OC)OC)P(=O)(OC)OC)cc3)cn(C3CC3)c12. The van der Waals surface area contributed by atoms with Crippen molar-refractivity contribution in [3.8, 4) is 5.75 Å². The van der Waals surface area contributed by atoms with Gasteiger partial charge in [0.05, 0.1) is 18.0 Å². The molecule has 0 bridgehead atoms. The molecule has 1 aliphatic heterocycles. The highest BCUT2D eigenvalue weighted by atomic mass is 31.2. The number of piperazine rings is 1. The molecule has 1 saturated carbocycles. The van der Waals surface area contributed by atoms with Gasteiger partial charge in [-0.25, -0.2) is 14.0 Å². The number of hydrogen-bond acceptors (Lipinski definition) is 14. The van der Waals surface area contributed by atoms with E-state index in [1.807, 2.05) is 6.92 Å². The Morgan fingerprint density at radius 1 is 0.948 bits per heavy atom. The molecule has 2 aromatic carbocycles. The predicted molar refractivity (Wildman–Crippen MR) is 214 cm³/mol. The summed E-state index contributed by atoms with van der Waals surface area (Å²) in [6.45, 7) is 7.24. The quantitative estimate of drug-likeness (QED) is 0.128. The van der Waals surface area contributed by atoms with Crippen LogP contribution in [-0.4, -0.2) is 106 Å². The van der Waals surface area contributed by atoms with Crippen molar-refractivity contribution in [2.24, 2.45) is 0 Å². The first-order chi connectivity index (χ1) is 27.3. The van der Waals surface area contributed by atoms with E-state index in [4.69, 9.17) is 32.3 Å². The number of fused-ring (bicyclic) bond motifs is 1. The first-order valence-electron chi connectivity index (χ1n) is 18.5. The van der Waals surface area contributed by atoms with Crippen LogP contribution in [0.3, 0.4) is 0 Å². The van der Waals surface area contributed by atoms with Crippen molar-refractivity contribution in [3.63, 3.8) is 0 Å². The molecule has 5 rings (SSSR count). The number of methoxy groups -OCH3 is 1. The van der Waals surface area contributed by atoms with Gasteiger partial charge in [0.15, 0.2) is 23.6 Å². The molecule has 318 valence electrons. The van der Waals surface area contributed by atoms with E-state index >= 15 is 4.39 Å². The van der Waals surface area contributed by atoms with E-state index in [1.165, 1.54) is 25.4 Å². The lowest BCUT2D eigenvalue weighted by atomic mass is 10.1. The van der Waals surface area contributed by atoms with Crippen molar-refractivity contribution in [1.29, 1.82) is 0 Å². The van der Waals surface area contributed by atoms with Crippen LogP contribution in [0.4, 0.5) is 20.6 Å². The van der Waals surface area contributed by atoms with Gasteiger partial charge in [0.1, 0.15) is 16.9 Å². The second kappa shape index (κ2) is 17.9. The summed E-state index contributed by atoms with van der Waals surface area (Å²) in [6, 6.07) is 6.86. The molecule has 1 unspecified atom stereocenters. The molecular weight excluding hydrogens is 801 g/mol. The molecule has 20 heteroatoms. The average molecular weight is 853 g/mol. The number of rotatable bonds is 15. The van der Waals surface area contributed by atoms with Gasteiger partial charge in [0, 0.05) is 72.0 Å². The molecule has 58 heavy (non-hydrogen) atoms. The molecule has 1 aromatic heterocycles. The van der Waals surface area contributed by atoms with Gasteiger partial charge in [0.25, 0.3) is 5.91 Å². The number of esters is 1. The Morgan fingerprint density at radius 3 is 2.07 bits per heavy atom. The largest absolute Gasteiger partial charge is 0.492 e. The van der Waals surface area contributed by atoms with Crippen LogP contribution in [0, 0.1) is 5.82 Å². The third-order valence-electron chi connectivity index (χ3n) is 9.87. The lowest BCUT2D eigenvalue weighted by Gasteiger charge is -2.41. The number of aromatic nitrogens is 1. The molecule has 2 fully saturated rings. The average Bonchev–Trinajstić information content (AvgIpc) is 4.04. The number of ether oxygens (including phenoxy) is 3. The molecule has 3 aromatic rings. The van der Waals surface area contributed by atoms with Crippen LogP contribution in [-0.2, 0) is 47.9 Å². The standard InChI is InChI=1S/C38H51FN4O13P2/c1-23-20-41(16-17-42(23)37(47)56-38(2,3)4)33-29(39)19-27-32(35(33)50-5)43(26-14-15-26)21-28(34(27)45)36(46)55-22-30(44)40-25-12-10-24(11-13-25)18-31(57(48,51-6)52-7)58(49,53-8)54-9/h10-13,19,21,23,26,31H,14-18,20,22H2,1-9H3,(H,40,44). The van der Waals surface area contributed by atoms with Gasteiger partial charge in [-0.15, -0.1) is 0 Å². The van der Waals surface area contributed by atoms with Crippen LogP contribution in [0.25, 0.3) is 10.9 Å². The van der Waals surface area contributed by atoms with E-state index in [9.17, 15) is 28.3 Å². The number of carbonyl (C=O) groups excluding carboxylic acids is 3. The predicted octanol–water partition coefficient (Wildman–Crippen LogP) is 6.57. The molecule has 1 N–H and O–H groups in total. The molecule has 17 nitrogen and oxygen atoms in total. The van der Waals surface area contributed by atoms with Crippen LogP contribution < -0.4 is 20.4 Å². The van der Waals surface area contributed by atoms with Gasteiger partial charge in [-0.1, -0.05) is 12.1 Å². The zero-order chi connectivity index (χ0) is 42.7. The van der Waals surface area contributed by atoms with Crippen LogP contribution in [0.2, 0.25) is 0 Å². The molecule has 0 radical (unpaired) electrons. The first-order valence-corrected chi connectivity index (χ1v) is 21.7. The second-order valence-corrected chi connectivity index (χ2v) is 20.2. The Morgan fingerprint density at radius 2 is 1.55 bits per heavy atom. The van der Waals surface area contributed by atoms with Crippen LogP contribution in [0.15, 0.2) is 41.3 Å². The van der Waals surface area contributed by atoms with Crippen molar-refractivity contribution in [2.45, 2.75) is 70.0 Å². The van der Waals surface area contributed by atoms with Crippen molar-refractivity contribution < 1.29 is 60.2 Å². The van der Waals surface area contributed by atoms with E-state index in [0.717, 1.165) is 47.3 Å². The van der Waals surface area contributed by atoms with Gasteiger partial charge >= 0.3 is 27.3 Å². The number of anilines is 2. The number of benzene rings is 2. The molecule has 2 amide bonds. The van der Waals surface area contributed by atoms with Gasteiger partial charge in [-0.05, 0) is 70.7 Å². The lowest BCUT2D eigenvalue weighted by Crippen LogP contribution is -2.55.